The van der Waals surface area contributed by atoms with Gasteiger partial charge in [0.25, 0.3) is 0 Å². The number of hydrogen-bond donors (Lipinski definition) is 1. The van der Waals surface area contributed by atoms with Gasteiger partial charge in [0.2, 0.25) is 0 Å². The molecule has 0 saturated carbocycles. The lowest BCUT2D eigenvalue weighted by Crippen LogP contribution is -2.38. The topological polar surface area (TPSA) is 41.1 Å². The molecule has 0 aliphatic carbocycles. The first kappa shape index (κ1) is 14.0. The van der Waals surface area contributed by atoms with Gasteiger partial charge in [-0.2, -0.15) is 13.2 Å². The van der Waals surface area contributed by atoms with E-state index in [4.69, 9.17) is 0 Å². The maximum Gasteiger partial charge on any atom is 0.435 e. The molecular formula is C12H17F3N4. The molecule has 1 fully saturated rings. The smallest absolute Gasteiger partial charge is 0.351 e. The molecule has 1 unspecified atom stereocenters. The minimum absolute atomic E-state index is 0.283. The normalized spacial score (nSPS) is 19.7. The second kappa shape index (κ2) is 5.73. The van der Waals surface area contributed by atoms with Crippen molar-refractivity contribution in [2.24, 2.45) is 0 Å². The summed E-state index contributed by atoms with van der Waals surface area (Å²) in [7, 11) is 0. The van der Waals surface area contributed by atoms with E-state index in [2.05, 4.69) is 15.5 Å². The third-order valence-corrected chi connectivity index (χ3v) is 3.17. The first-order valence-corrected chi connectivity index (χ1v) is 6.40. The Morgan fingerprint density at radius 2 is 2.16 bits per heavy atom. The van der Waals surface area contributed by atoms with E-state index in [0.29, 0.717) is 5.82 Å². The maximum absolute atomic E-state index is 12.4. The molecule has 2 rings (SSSR count). The zero-order valence-corrected chi connectivity index (χ0v) is 10.7. The molecule has 1 N–H and O–H groups in total. The Bertz CT molecular complexity index is 398. The average Bonchev–Trinajstić information content (AvgIpc) is 2.89. The molecule has 19 heavy (non-hydrogen) atoms. The van der Waals surface area contributed by atoms with Crippen molar-refractivity contribution in [2.75, 3.05) is 24.5 Å². The number of nitrogens with one attached hydrogen (secondary N) is 1. The van der Waals surface area contributed by atoms with Crippen molar-refractivity contribution in [1.29, 1.82) is 0 Å². The molecule has 0 aromatic carbocycles. The van der Waals surface area contributed by atoms with Gasteiger partial charge in [-0.05, 0) is 31.5 Å². The summed E-state index contributed by atoms with van der Waals surface area (Å²) < 4.78 is 37.3. The van der Waals surface area contributed by atoms with Crippen molar-refractivity contribution >= 4 is 5.82 Å². The highest BCUT2D eigenvalue weighted by molar-refractivity contribution is 5.39. The van der Waals surface area contributed by atoms with Crippen LogP contribution in [0, 0.1) is 0 Å². The number of halogens is 3. The summed E-state index contributed by atoms with van der Waals surface area (Å²) >= 11 is 0. The molecule has 7 heteroatoms. The molecule has 2 heterocycles. The predicted molar refractivity (Wildman–Crippen MR) is 65.9 cm³/mol. The minimum atomic E-state index is -4.43. The number of aromatic nitrogens is 2. The van der Waals surface area contributed by atoms with E-state index in [0.717, 1.165) is 38.5 Å². The van der Waals surface area contributed by atoms with Gasteiger partial charge in [-0.3, -0.25) is 0 Å². The van der Waals surface area contributed by atoms with Gasteiger partial charge in [-0.25, -0.2) is 0 Å². The number of nitrogens with zero attached hydrogens (tertiary/aromatic N) is 3. The highest BCUT2D eigenvalue weighted by Gasteiger charge is 2.33. The van der Waals surface area contributed by atoms with Crippen molar-refractivity contribution in [3.05, 3.63) is 17.8 Å². The van der Waals surface area contributed by atoms with Crippen LogP contribution in [0.15, 0.2) is 12.1 Å². The van der Waals surface area contributed by atoms with E-state index in [1.807, 2.05) is 11.8 Å². The summed E-state index contributed by atoms with van der Waals surface area (Å²) in [6.45, 7) is 4.57. The van der Waals surface area contributed by atoms with E-state index in [9.17, 15) is 13.2 Å². The Morgan fingerprint density at radius 3 is 2.63 bits per heavy atom. The third-order valence-electron chi connectivity index (χ3n) is 3.17. The van der Waals surface area contributed by atoms with E-state index >= 15 is 0 Å². The Hall–Kier alpha value is -1.37. The van der Waals surface area contributed by atoms with E-state index < -0.39 is 11.9 Å². The molecule has 1 aromatic heterocycles. The summed E-state index contributed by atoms with van der Waals surface area (Å²) in [4.78, 5) is 2.03. The molecule has 1 aliphatic heterocycles. The fourth-order valence-electron chi connectivity index (χ4n) is 2.26. The molecular weight excluding hydrogens is 257 g/mol. The van der Waals surface area contributed by atoms with E-state index in [1.165, 1.54) is 6.07 Å². The van der Waals surface area contributed by atoms with Crippen LogP contribution < -0.4 is 10.2 Å². The maximum atomic E-state index is 12.4. The number of alkyl halides is 3. The Balaban J connectivity index is 2.17. The van der Waals surface area contributed by atoms with Crippen LogP contribution in [-0.2, 0) is 6.18 Å². The zero-order valence-electron chi connectivity index (χ0n) is 10.7. The zero-order chi connectivity index (χ0) is 13.9. The standard InChI is InChI=1S/C12H17F3N4/c1-2-7-19(9-5-6-16-8-9)11-4-3-10(17-18-11)12(13,14)15/h3-4,9,16H,2,5-8H2,1H3. The van der Waals surface area contributed by atoms with Crippen molar-refractivity contribution in [3.8, 4) is 0 Å². The number of anilines is 1. The molecule has 1 aliphatic rings. The van der Waals surface area contributed by atoms with Crippen LogP contribution >= 0.6 is 0 Å². The molecule has 106 valence electrons. The fourth-order valence-corrected chi connectivity index (χ4v) is 2.26. The summed E-state index contributed by atoms with van der Waals surface area (Å²) in [5.41, 5.74) is -0.947. The second-order valence-corrected chi connectivity index (χ2v) is 4.61. The summed E-state index contributed by atoms with van der Waals surface area (Å²) in [5.74, 6) is 0.517. The van der Waals surface area contributed by atoms with Crippen LogP contribution in [0.4, 0.5) is 19.0 Å². The van der Waals surface area contributed by atoms with Crippen LogP contribution in [0.2, 0.25) is 0 Å². The van der Waals surface area contributed by atoms with E-state index in [1.54, 1.807) is 0 Å². The highest BCUT2D eigenvalue weighted by Crippen LogP contribution is 2.28. The van der Waals surface area contributed by atoms with Crippen molar-refractivity contribution in [3.63, 3.8) is 0 Å². The highest BCUT2D eigenvalue weighted by atomic mass is 19.4. The molecule has 0 radical (unpaired) electrons. The first-order chi connectivity index (χ1) is 9.02. The molecule has 0 bridgehead atoms. The molecule has 1 aromatic rings. The minimum Gasteiger partial charge on any atom is -0.351 e. The van der Waals surface area contributed by atoms with Crippen molar-refractivity contribution in [1.82, 2.24) is 15.5 Å². The summed E-state index contributed by atoms with van der Waals surface area (Å²) in [6.07, 6.45) is -2.54. The van der Waals surface area contributed by atoms with Gasteiger partial charge in [0, 0.05) is 19.1 Å². The fraction of sp³-hybridized carbons (Fsp3) is 0.667. The predicted octanol–water partition coefficient (Wildman–Crippen LogP) is 2.07. The lowest BCUT2D eigenvalue weighted by molar-refractivity contribution is -0.141. The molecule has 0 amide bonds. The lowest BCUT2D eigenvalue weighted by Gasteiger charge is -2.28. The Kier molecular flexibility index (Phi) is 4.24. The molecule has 1 saturated heterocycles. The van der Waals surface area contributed by atoms with Gasteiger partial charge >= 0.3 is 6.18 Å². The van der Waals surface area contributed by atoms with Gasteiger partial charge in [-0.1, -0.05) is 6.92 Å². The monoisotopic (exact) mass is 274 g/mol. The average molecular weight is 274 g/mol. The molecule has 4 nitrogen and oxygen atoms in total. The van der Waals surface area contributed by atoms with Crippen molar-refractivity contribution < 1.29 is 13.2 Å². The van der Waals surface area contributed by atoms with Crippen LogP contribution in [-0.4, -0.2) is 35.9 Å². The van der Waals surface area contributed by atoms with Crippen LogP contribution in [0.1, 0.15) is 25.5 Å². The van der Waals surface area contributed by atoms with Crippen LogP contribution in [0.25, 0.3) is 0 Å². The van der Waals surface area contributed by atoms with Gasteiger partial charge in [-0.15, -0.1) is 10.2 Å². The molecule has 1 atom stereocenters. The number of rotatable bonds is 4. The lowest BCUT2D eigenvalue weighted by atomic mass is 10.2. The van der Waals surface area contributed by atoms with Gasteiger partial charge in [0.1, 0.15) is 0 Å². The first-order valence-electron chi connectivity index (χ1n) is 6.40. The summed E-state index contributed by atoms with van der Waals surface area (Å²) in [6, 6.07) is 2.68. The summed E-state index contributed by atoms with van der Waals surface area (Å²) in [5, 5.41) is 10.3. The van der Waals surface area contributed by atoms with Crippen LogP contribution in [0.3, 0.4) is 0 Å². The van der Waals surface area contributed by atoms with E-state index in [-0.39, 0.29) is 6.04 Å². The quantitative estimate of drug-likeness (QED) is 0.912. The Labute approximate surface area is 110 Å². The Morgan fingerprint density at radius 1 is 1.37 bits per heavy atom. The van der Waals surface area contributed by atoms with Crippen LogP contribution in [0.5, 0.6) is 0 Å². The van der Waals surface area contributed by atoms with Gasteiger partial charge < -0.3 is 10.2 Å². The molecule has 0 spiro atoms. The third kappa shape index (κ3) is 3.34. The van der Waals surface area contributed by atoms with Crippen molar-refractivity contribution in [2.45, 2.75) is 32.0 Å². The van der Waals surface area contributed by atoms with Gasteiger partial charge in [0.05, 0.1) is 0 Å². The van der Waals surface area contributed by atoms with Gasteiger partial charge in [0.15, 0.2) is 11.5 Å². The largest absolute Gasteiger partial charge is 0.435 e. The SMILES string of the molecule is CCCN(c1ccc(C(F)(F)F)nn1)C1CCNC1. The number of hydrogen-bond acceptors (Lipinski definition) is 4. The second-order valence-electron chi connectivity index (χ2n) is 4.61.